The Hall–Kier alpha value is -2.89. The summed E-state index contributed by atoms with van der Waals surface area (Å²) in [5.41, 5.74) is 0. The highest BCUT2D eigenvalue weighted by molar-refractivity contribution is 5.95. The van der Waals surface area contributed by atoms with Crippen LogP contribution in [0.1, 0.15) is 12.8 Å². The number of pyridine rings is 1. The van der Waals surface area contributed by atoms with Crippen molar-refractivity contribution < 1.29 is 4.74 Å². The van der Waals surface area contributed by atoms with Crippen LogP contribution in [-0.2, 0) is 0 Å². The summed E-state index contributed by atoms with van der Waals surface area (Å²) in [6, 6.07) is 10.2. The minimum absolute atomic E-state index is 0.307. The summed E-state index contributed by atoms with van der Waals surface area (Å²) in [6.45, 7) is 1.85. The first kappa shape index (κ1) is 15.6. The van der Waals surface area contributed by atoms with E-state index in [1.807, 2.05) is 30.5 Å². The van der Waals surface area contributed by atoms with Crippen molar-refractivity contribution in [1.29, 1.82) is 0 Å². The summed E-state index contributed by atoms with van der Waals surface area (Å²) in [5.74, 6) is 2.56. The van der Waals surface area contributed by atoms with E-state index < -0.39 is 0 Å². The standard InChI is InChI=1S/C19H21N5O/c1-25-17-7-2-6-16-15(17)8-11-20-18(16)23-14-5-3-12-24(13-14)19-21-9-4-10-22-19/h2,4,6-11,14H,3,5,12-13H2,1H3,(H,20,23). The number of anilines is 2. The number of nitrogens with zero attached hydrogens (tertiary/aromatic N) is 4. The van der Waals surface area contributed by atoms with Gasteiger partial charge < -0.3 is 15.0 Å². The number of piperidine rings is 1. The molecule has 128 valence electrons. The summed E-state index contributed by atoms with van der Waals surface area (Å²) in [7, 11) is 1.70. The third-order valence-electron chi connectivity index (χ3n) is 4.58. The normalized spacial score (nSPS) is 17.5. The SMILES string of the molecule is COc1cccc2c(NC3CCCN(c4ncccn4)C3)nccc12. The Morgan fingerprint density at radius 1 is 1.04 bits per heavy atom. The van der Waals surface area contributed by atoms with Gasteiger partial charge in [-0.25, -0.2) is 15.0 Å². The summed E-state index contributed by atoms with van der Waals surface area (Å²) in [5, 5.41) is 5.76. The lowest BCUT2D eigenvalue weighted by Gasteiger charge is -2.33. The van der Waals surface area contributed by atoms with Crippen LogP contribution in [-0.4, -0.2) is 41.2 Å². The van der Waals surface area contributed by atoms with E-state index in [2.05, 4.69) is 31.2 Å². The number of methoxy groups -OCH3 is 1. The highest BCUT2D eigenvalue weighted by Gasteiger charge is 2.22. The van der Waals surface area contributed by atoms with Gasteiger partial charge in [-0.2, -0.15) is 0 Å². The lowest BCUT2D eigenvalue weighted by molar-refractivity contribution is 0.420. The van der Waals surface area contributed by atoms with Crippen LogP contribution >= 0.6 is 0 Å². The zero-order chi connectivity index (χ0) is 17.1. The molecule has 3 aromatic rings. The van der Waals surface area contributed by atoms with E-state index in [9.17, 15) is 0 Å². The second kappa shape index (κ2) is 6.93. The van der Waals surface area contributed by atoms with Gasteiger partial charge in [0.2, 0.25) is 5.95 Å². The Bertz CT molecular complexity index is 855. The van der Waals surface area contributed by atoms with Gasteiger partial charge in [0.15, 0.2) is 0 Å². The summed E-state index contributed by atoms with van der Waals surface area (Å²) in [6.07, 6.45) is 7.61. The fourth-order valence-corrected chi connectivity index (χ4v) is 3.40. The number of aromatic nitrogens is 3. The first-order valence-corrected chi connectivity index (χ1v) is 8.55. The van der Waals surface area contributed by atoms with Gasteiger partial charge in [-0.3, -0.25) is 0 Å². The van der Waals surface area contributed by atoms with E-state index in [4.69, 9.17) is 4.74 Å². The number of nitrogens with one attached hydrogen (secondary N) is 1. The molecule has 4 rings (SSSR count). The molecule has 1 aliphatic rings. The minimum Gasteiger partial charge on any atom is -0.496 e. The fraction of sp³-hybridized carbons (Fsp3) is 0.316. The van der Waals surface area contributed by atoms with Crippen molar-refractivity contribution in [1.82, 2.24) is 15.0 Å². The predicted octanol–water partition coefficient (Wildman–Crippen LogP) is 3.11. The maximum Gasteiger partial charge on any atom is 0.225 e. The molecule has 1 N–H and O–H groups in total. The van der Waals surface area contributed by atoms with Crippen molar-refractivity contribution in [3.8, 4) is 5.75 Å². The van der Waals surface area contributed by atoms with Crippen LogP contribution in [0.4, 0.5) is 11.8 Å². The highest BCUT2D eigenvalue weighted by atomic mass is 16.5. The summed E-state index contributed by atoms with van der Waals surface area (Å²) >= 11 is 0. The van der Waals surface area contributed by atoms with E-state index in [-0.39, 0.29) is 0 Å². The maximum atomic E-state index is 5.47. The molecule has 6 heteroatoms. The van der Waals surface area contributed by atoms with Crippen molar-refractivity contribution >= 4 is 22.5 Å². The molecule has 6 nitrogen and oxygen atoms in total. The molecule has 1 unspecified atom stereocenters. The minimum atomic E-state index is 0.307. The van der Waals surface area contributed by atoms with Crippen LogP contribution in [0.2, 0.25) is 0 Å². The lowest BCUT2D eigenvalue weighted by Crippen LogP contribution is -2.43. The van der Waals surface area contributed by atoms with E-state index in [0.717, 1.165) is 54.2 Å². The van der Waals surface area contributed by atoms with Gasteiger partial charge in [-0.1, -0.05) is 12.1 Å². The second-order valence-corrected chi connectivity index (χ2v) is 6.19. The zero-order valence-electron chi connectivity index (χ0n) is 14.2. The van der Waals surface area contributed by atoms with Gasteiger partial charge in [-0.15, -0.1) is 0 Å². The van der Waals surface area contributed by atoms with Gasteiger partial charge in [0, 0.05) is 48.5 Å². The largest absolute Gasteiger partial charge is 0.496 e. The molecular formula is C19H21N5O. The van der Waals surface area contributed by atoms with Crippen LogP contribution in [0.15, 0.2) is 48.9 Å². The van der Waals surface area contributed by atoms with Gasteiger partial charge in [0.05, 0.1) is 7.11 Å². The zero-order valence-corrected chi connectivity index (χ0v) is 14.2. The second-order valence-electron chi connectivity index (χ2n) is 6.19. The molecule has 0 aliphatic carbocycles. The average Bonchev–Trinajstić information content (AvgIpc) is 2.69. The van der Waals surface area contributed by atoms with Gasteiger partial charge in [0.1, 0.15) is 11.6 Å². The molecule has 0 spiro atoms. The quantitative estimate of drug-likeness (QED) is 0.790. The Morgan fingerprint density at radius 3 is 2.76 bits per heavy atom. The molecule has 1 aromatic carbocycles. The summed E-state index contributed by atoms with van der Waals surface area (Å²) < 4.78 is 5.47. The molecule has 3 heterocycles. The molecule has 1 fully saturated rings. The predicted molar refractivity (Wildman–Crippen MR) is 99.2 cm³/mol. The van der Waals surface area contributed by atoms with Crippen molar-refractivity contribution in [2.45, 2.75) is 18.9 Å². The molecule has 1 saturated heterocycles. The van der Waals surface area contributed by atoms with Gasteiger partial charge >= 0.3 is 0 Å². The van der Waals surface area contributed by atoms with Crippen LogP contribution < -0.4 is 15.0 Å². The number of benzene rings is 1. The molecule has 0 bridgehead atoms. The van der Waals surface area contributed by atoms with Gasteiger partial charge in [0.25, 0.3) is 0 Å². The topological polar surface area (TPSA) is 63.2 Å². The Labute approximate surface area is 146 Å². The van der Waals surface area contributed by atoms with Crippen molar-refractivity contribution in [2.75, 3.05) is 30.4 Å². The van der Waals surface area contributed by atoms with Crippen LogP contribution in [0.3, 0.4) is 0 Å². The van der Waals surface area contributed by atoms with E-state index in [1.165, 1.54) is 0 Å². The molecule has 0 radical (unpaired) electrons. The third kappa shape index (κ3) is 3.20. The van der Waals surface area contributed by atoms with Crippen molar-refractivity contribution in [3.05, 3.63) is 48.9 Å². The number of rotatable bonds is 4. The van der Waals surface area contributed by atoms with Crippen molar-refractivity contribution in [3.63, 3.8) is 0 Å². The van der Waals surface area contributed by atoms with Crippen LogP contribution in [0.5, 0.6) is 5.75 Å². The molecular weight excluding hydrogens is 314 g/mol. The molecule has 2 aromatic heterocycles. The van der Waals surface area contributed by atoms with Crippen LogP contribution in [0.25, 0.3) is 10.8 Å². The first-order valence-electron chi connectivity index (χ1n) is 8.55. The molecule has 0 amide bonds. The third-order valence-corrected chi connectivity index (χ3v) is 4.58. The number of hydrogen-bond donors (Lipinski definition) is 1. The number of ether oxygens (including phenoxy) is 1. The Balaban J connectivity index is 1.57. The average molecular weight is 335 g/mol. The van der Waals surface area contributed by atoms with Gasteiger partial charge in [-0.05, 0) is 31.0 Å². The molecule has 1 aliphatic heterocycles. The van der Waals surface area contributed by atoms with Crippen LogP contribution in [0, 0.1) is 0 Å². The van der Waals surface area contributed by atoms with E-state index in [1.54, 1.807) is 19.5 Å². The molecule has 25 heavy (non-hydrogen) atoms. The van der Waals surface area contributed by atoms with Crippen molar-refractivity contribution in [2.24, 2.45) is 0 Å². The van der Waals surface area contributed by atoms with E-state index in [0.29, 0.717) is 6.04 Å². The fourth-order valence-electron chi connectivity index (χ4n) is 3.40. The summed E-state index contributed by atoms with van der Waals surface area (Å²) in [4.78, 5) is 15.5. The smallest absolute Gasteiger partial charge is 0.225 e. The number of fused-ring (bicyclic) bond motifs is 1. The maximum absolute atomic E-state index is 5.47. The Kier molecular flexibility index (Phi) is 4.33. The monoisotopic (exact) mass is 335 g/mol. The Morgan fingerprint density at radius 2 is 1.92 bits per heavy atom. The lowest BCUT2D eigenvalue weighted by atomic mass is 10.1. The molecule has 1 atom stereocenters. The first-order chi connectivity index (χ1) is 12.3. The van der Waals surface area contributed by atoms with E-state index >= 15 is 0 Å². The number of hydrogen-bond acceptors (Lipinski definition) is 6. The molecule has 0 saturated carbocycles. The highest BCUT2D eigenvalue weighted by Crippen LogP contribution is 2.30.